The molecule has 0 fully saturated rings. The van der Waals surface area contributed by atoms with E-state index in [-0.39, 0.29) is 0 Å². The predicted molar refractivity (Wildman–Crippen MR) is 59.9 cm³/mol. The largest absolute Gasteiger partial charge is 0.471 e. The maximum atomic E-state index is 12.2. The van der Waals surface area contributed by atoms with Crippen LogP contribution in [0.5, 0.6) is 0 Å². The van der Waals surface area contributed by atoms with Crippen molar-refractivity contribution in [1.82, 2.24) is 0 Å². The van der Waals surface area contributed by atoms with Gasteiger partial charge in [0.1, 0.15) is 0 Å². The molecule has 17 heavy (non-hydrogen) atoms. The van der Waals surface area contributed by atoms with Crippen molar-refractivity contribution >= 4 is 11.6 Å². The molecular weight excluding hydrogens is 231 g/mol. The van der Waals surface area contributed by atoms with E-state index in [1.165, 1.54) is 0 Å². The topological polar surface area (TPSA) is 29.1 Å². The van der Waals surface area contributed by atoms with E-state index in [0.29, 0.717) is 29.7 Å². The van der Waals surface area contributed by atoms with Crippen LogP contribution in [0.25, 0.3) is 0 Å². The number of rotatable bonds is 3. The van der Waals surface area contributed by atoms with Gasteiger partial charge in [-0.1, -0.05) is 32.0 Å². The smallest absolute Gasteiger partial charge is 0.318 e. The molecule has 1 aromatic rings. The summed E-state index contributed by atoms with van der Waals surface area (Å²) in [6, 6.07) is 5.21. The normalized spacial score (nSPS) is 11.4. The highest BCUT2D eigenvalue weighted by Crippen LogP contribution is 2.25. The molecule has 1 N–H and O–H groups in total. The lowest BCUT2D eigenvalue weighted by molar-refractivity contribution is -0.167. The lowest BCUT2D eigenvalue weighted by atomic mass is 10.0. The van der Waals surface area contributed by atoms with Crippen LogP contribution in [-0.2, 0) is 17.6 Å². The fourth-order valence-electron chi connectivity index (χ4n) is 1.59. The van der Waals surface area contributed by atoms with Crippen LogP contribution in [0.2, 0.25) is 0 Å². The SMILES string of the molecule is CCc1cccc(CC)c1NC(=O)C(F)(F)F. The van der Waals surface area contributed by atoms with Gasteiger partial charge in [-0.3, -0.25) is 4.79 Å². The Labute approximate surface area is 97.8 Å². The molecule has 5 heteroatoms. The quantitative estimate of drug-likeness (QED) is 0.869. The van der Waals surface area contributed by atoms with Crippen molar-refractivity contribution < 1.29 is 18.0 Å². The monoisotopic (exact) mass is 245 g/mol. The number of hydrogen-bond acceptors (Lipinski definition) is 1. The van der Waals surface area contributed by atoms with E-state index in [9.17, 15) is 18.0 Å². The zero-order valence-corrected chi connectivity index (χ0v) is 9.69. The number of hydrogen-bond donors (Lipinski definition) is 1. The van der Waals surface area contributed by atoms with Crippen molar-refractivity contribution in [2.45, 2.75) is 32.9 Å². The van der Waals surface area contributed by atoms with Crippen LogP contribution in [0.1, 0.15) is 25.0 Å². The third kappa shape index (κ3) is 3.22. The standard InChI is InChI=1S/C12H14F3NO/c1-3-8-6-5-7-9(4-2)10(8)16-11(17)12(13,14)15/h5-7H,3-4H2,1-2H3,(H,16,17). The molecule has 1 amide bonds. The van der Waals surface area contributed by atoms with E-state index in [2.05, 4.69) is 0 Å². The third-order valence-electron chi connectivity index (χ3n) is 2.49. The van der Waals surface area contributed by atoms with E-state index >= 15 is 0 Å². The van der Waals surface area contributed by atoms with Gasteiger partial charge in [0.25, 0.3) is 0 Å². The molecule has 0 unspecified atom stereocenters. The van der Waals surface area contributed by atoms with E-state index in [4.69, 9.17) is 0 Å². The number of anilines is 1. The Morgan fingerprint density at radius 2 is 1.65 bits per heavy atom. The van der Waals surface area contributed by atoms with Crippen LogP contribution in [0.15, 0.2) is 18.2 Å². The Balaban J connectivity index is 3.08. The number of carbonyl (C=O) groups excluding carboxylic acids is 1. The Morgan fingerprint density at radius 1 is 1.18 bits per heavy atom. The fraction of sp³-hybridized carbons (Fsp3) is 0.417. The Hall–Kier alpha value is -1.52. The van der Waals surface area contributed by atoms with E-state index in [0.717, 1.165) is 0 Å². The van der Waals surface area contributed by atoms with Gasteiger partial charge < -0.3 is 5.32 Å². The minimum absolute atomic E-state index is 0.292. The number of aryl methyl sites for hydroxylation is 2. The second-order valence-electron chi connectivity index (χ2n) is 3.61. The Morgan fingerprint density at radius 3 is 2.00 bits per heavy atom. The molecule has 0 saturated carbocycles. The van der Waals surface area contributed by atoms with Crippen molar-refractivity contribution in [2.24, 2.45) is 0 Å². The number of amides is 1. The fourth-order valence-corrected chi connectivity index (χ4v) is 1.59. The highest BCUT2D eigenvalue weighted by atomic mass is 19.4. The lowest BCUT2D eigenvalue weighted by Gasteiger charge is -2.15. The summed E-state index contributed by atoms with van der Waals surface area (Å²) >= 11 is 0. The van der Waals surface area contributed by atoms with Gasteiger partial charge in [-0.15, -0.1) is 0 Å². The molecule has 2 nitrogen and oxygen atoms in total. The molecule has 1 aromatic carbocycles. The molecule has 1 rings (SSSR count). The summed E-state index contributed by atoms with van der Waals surface area (Å²) in [5.41, 5.74) is 1.71. The molecule has 0 aliphatic carbocycles. The van der Waals surface area contributed by atoms with Crippen molar-refractivity contribution in [3.8, 4) is 0 Å². The van der Waals surface area contributed by atoms with Crippen LogP contribution in [0.4, 0.5) is 18.9 Å². The number of carbonyl (C=O) groups is 1. The summed E-state index contributed by atoms with van der Waals surface area (Å²) in [6.07, 6.45) is -3.71. The van der Waals surface area contributed by atoms with E-state index in [1.54, 1.807) is 18.2 Å². The first-order chi connectivity index (χ1) is 7.90. The number of nitrogens with one attached hydrogen (secondary N) is 1. The van der Waals surface area contributed by atoms with Gasteiger partial charge in [-0.25, -0.2) is 0 Å². The van der Waals surface area contributed by atoms with Gasteiger partial charge in [-0.2, -0.15) is 13.2 Å². The first kappa shape index (κ1) is 13.5. The summed E-state index contributed by atoms with van der Waals surface area (Å²) < 4.78 is 36.6. The van der Waals surface area contributed by atoms with Crippen LogP contribution in [-0.4, -0.2) is 12.1 Å². The number of benzene rings is 1. The van der Waals surface area contributed by atoms with Crippen molar-refractivity contribution in [2.75, 3.05) is 5.32 Å². The van der Waals surface area contributed by atoms with Gasteiger partial charge in [0, 0.05) is 5.69 Å². The molecule has 0 spiro atoms. The highest BCUT2D eigenvalue weighted by molar-refractivity contribution is 5.96. The molecular formula is C12H14F3NO. The van der Waals surface area contributed by atoms with E-state index in [1.807, 2.05) is 19.2 Å². The third-order valence-corrected chi connectivity index (χ3v) is 2.49. The molecule has 0 aliphatic rings. The molecule has 94 valence electrons. The van der Waals surface area contributed by atoms with Crippen LogP contribution >= 0.6 is 0 Å². The number of alkyl halides is 3. The maximum Gasteiger partial charge on any atom is 0.471 e. The van der Waals surface area contributed by atoms with Gasteiger partial charge in [0.15, 0.2) is 0 Å². The molecule has 0 heterocycles. The van der Waals surface area contributed by atoms with Gasteiger partial charge in [0.05, 0.1) is 0 Å². The minimum Gasteiger partial charge on any atom is -0.318 e. The summed E-state index contributed by atoms with van der Waals surface area (Å²) in [5, 5.41) is 1.96. The first-order valence-corrected chi connectivity index (χ1v) is 5.39. The van der Waals surface area contributed by atoms with E-state index < -0.39 is 12.1 Å². The van der Waals surface area contributed by atoms with Crippen molar-refractivity contribution in [3.63, 3.8) is 0 Å². The van der Waals surface area contributed by atoms with Gasteiger partial charge in [0.2, 0.25) is 0 Å². The number of para-hydroxylation sites is 1. The average molecular weight is 245 g/mol. The predicted octanol–water partition coefficient (Wildman–Crippen LogP) is 3.31. The van der Waals surface area contributed by atoms with Gasteiger partial charge >= 0.3 is 12.1 Å². The number of halogens is 3. The van der Waals surface area contributed by atoms with Crippen molar-refractivity contribution in [3.05, 3.63) is 29.3 Å². The van der Waals surface area contributed by atoms with Crippen molar-refractivity contribution in [1.29, 1.82) is 0 Å². The second-order valence-corrected chi connectivity index (χ2v) is 3.61. The zero-order chi connectivity index (χ0) is 13.1. The van der Waals surface area contributed by atoms with Crippen LogP contribution < -0.4 is 5.32 Å². The maximum absolute atomic E-state index is 12.2. The first-order valence-electron chi connectivity index (χ1n) is 5.39. The molecule has 0 atom stereocenters. The molecule has 0 radical (unpaired) electrons. The zero-order valence-electron chi connectivity index (χ0n) is 9.69. The Bertz CT molecular complexity index is 390. The van der Waals surface area contributed by atoms with Crippen LogP contribution in [0.3, 0.4) is 0 Å². The lowest BCUT2D eigenvalue weighted by Crippen LogP contribution is -2.30. The molecule has 0 aromatic heterocycles. The average Bonchev–Trinajstić information content (AvgIpc) is 2.28. The summed E-state index contributed by atoms with van der Waals surface area (Å²) in [5.74, 6) is -1.92. The second kappa shape index (κ2) is 5.21. The summed E-state index contributed by atoms with van der Waals surface area (Å²) in [4.78, 5) is 10.9. The van der Waals surface area contributed by atoms with Crippen LogP contribution in [0, 0.1) is 0 Å². The molecule has 0 aliphatic heterocycles. The van der Waals surface area contributed by atoms with Gasteiger partial charge in [-0.05, 0) is 24.0 Å². The minimum atomic E-state index is -4.86. The molecule has 0 saturated heterocycles. The summed E-state index contributed by atoms with van der Waals surface area (Å²) in [6.45, 7) is 3.66. The highest BCUT2D eigenvalue weighted by Gasteiger charge is 2.39. The Kier molecular flexibility index (Phi) is 4.15. The molecule has 0 bridgehead atoms. The summed E-state index contributed by atoms with van der Waals surface area (Å²) in [7, 11) is 0.